The highest BCUT2D eigenvalue weighted by Crippen LogP contribution is 2.32. The number of amides is 2. The van der Waals surface area contributed by atoms with Crippen LogP contribution in [-0.2, 0) is 0 Å². The summed E-state index contributed by atoms with van der Waals surface area (Å²) in [4.78, 5) is 15.2. The number of guanidine groups is 1. The number of urea groups is 1. The van der Waals surface area contributed by atoms with Gasteiger partial charge in [0.1, 0.15) is 5.69 Å². The van der Waals surface area contributed by atoms with Crippen LogP contribution in [-0.4, -0.2) is 18.5 Å². The number of aliphatic imine (C=N–C) groups is 1. The fraction of sp³-hybridized carbons (Fsp3) is 0.0909. The molecule has 0 radical (unpaired) electrons. The van der Waals surface area contributed by atoms with Gasteiger partial charge in [0.15, 0.2) is 0 Å². The van der Waals surface area contributed by atoms with Gasteiger partial charge >= 0.3 is 6.03 Å². The maximum absolute atomic E-state index is 11.3. The van der Waals surface area contributed by atoms with Gasteiger partial charge in [0, 0.05) is 6.54 Å². The number of hydrogen-bond acceptors (Lipinski definition) is 2. The zero-order chi connectivity index (χ0) is 13.5. The van der Waals surface area contributed by atoms with Crippen molar-refractivity contribution in [2.24, 2.45) is 10.7 Å². The predicted octanol–water partition coefficient (Wildman–Crippen LogP) is 2.42. The Morgan fingerprint density at radius 1 is 1.44 bits per heavy atom. The number of hydrogen-bond donors (Lipinski definition) is 3. The lowest BCUT2D eigenvalue weighted by molar-refractivity contribution is 0.246. The summed E-state index contributed by atoms with van der Waals surface area (Å²) in [5.74, 6) is -0.105. The van der Waals surface area contributed by atoms with Crippen molar-refractivity contribution in [3.8, 4) is 0 Å². The zero-order valence-corrected chi connectivity index (χ0v) is 10.9. The first-order chi connectivity index (χ1) is 8.54. The minimum atomic E-state index is -0.487. The van der Waals surface area contributed by atoms with E-state index in [2.05, 4.69) is 22.2 Å². The van der Waals surface area contributed by atoms with Gasteiger partial charge in [0.2, 0.25) is 5.96 Å². The van der Waals surface area contributed by atoms with Crippen molar-refractivity contribution >= 4 is 40.9 Å². The lowest BCUT2D eigenvalue weighted by Crippen LogP contribution is -2.43. The molecule has 0 heterocycles. The summed E-state index contributed by atoms with van der Waals surface area (Å²) in [6.07, 6.45) is 1.54. The van der Waals surface area contributed by atoms with Gasteiger partial charge in [-0.2, -0.15) is 0 Å². The van der Waals surface area contributed by atoms with Gasteiger partial charge in [-0.15, -0.1) is 6.58 Å². The van der Waals surface area contributed by atoms with Gasteiger partial charge < -0.3 is 11.1 Å². The lowest BCUT2D eigenvalue weighted by atomic mass is 10.3. The summed E-state index contributed by atoms with van der Waals surface area (Å²) in [5.41, 5.74) is 5.86. The van der Waals surface area contributed by atoms with Crippen LogP contribution in [0.5, 0.6) is 0 Å². The molecule has 0 saturated heterocycles. The number of nitrogens with zero attached hydrogens (tertiary/aromatic N) is 1. The number of carbonyl (C=O) groups is 1. The molecule has 7 heteroatoms. The second kappa shape index (κ2) is 6.88. The van der Waals surface area contributed by atoms with Gasteiger partial charge in [-0.1, -0.05) is 35.3 Å². The van der Waals surface area contributed by atoms with Crippen LogP contribution in [0.15, 0.2) is 35.8 Å². The van der Waals surface area contributed by atoms with Crippen molar-refractivity contribution in [3.63, 3.8) is 0 Å². The largest absolute Gasteiger partial charge is 0.369 e. The smallest absolute Gasteiger partial charge is 0.321 e. The molecule has 0 fully saturated rings. The molecular weight excluding hydrogens is 275 g/mol. The fourth-order valence-corrected chi connectivity index (χ4v) is 1.55. The molecular formula is C11H12Cl2N4O. The number of halogens is 2. The van der Waals surface area contributed by atoms with Crippen LogP contribution in [0.3, 0.4) is 0 Å². The van der Waals surface area contributed by atoms with Crippen LogP contribution in [0, 0.1) is 0 Å². The van der Waals surface area contributed by atoms with E-state index in [0.29, 0.717) is 22.3 Å². The van der Waals surface area contributed by atoms with Crippen LogP contribution in [0.1, 0.15) is 0 Å². The molecule has 0 spiro atoms. The molecule has 0 saturated carbocycles. The molecule has 0 aliphatic carbocycles. The summed E-state index contributed by atoms with van der Waals surface area (Å²) in [5, 5.41) is 5.51. The molecule has 0 aromatic heterocycles. The van der Waals surface area contributed by atoms with E-state index in [9.17, 15) is 4.79 Å². The van der Waals surface area contributed by atoms with Crippen molar-refractivity contribution in [1.29, 1.82) is 0 Å². The molecule has 1 rings (SSSR count). The molecule has 96 valence electrons. The van der Waals surface area contributed by atoms with E-state index in [4.69, 9.17) is 28.9 Å². The van der Waals surface area contributed by atoms with Crippen LogP contribution in [0.4, 0.5) is 10.5 Å². The summed E-state index contributed by atoms with van der Waals surface area (Å²) in [6, 6.07) is 4.44. The van der Waals surface area contributed by atoms with Gasteiger partial charge in [-0.3, -0.25) is 5.32 Å². The van der Waals surface area contributed by atoms with Crippen LogP contribution in [0.2, 0.25) is 10.0 Å². The molecule has 0 unspecified atom stereocenters. The van der Waals surface area contributed by atoms with Gasteiger partial charge in [0.25, 0.3) is 0 Å². The Morgan fingerprint density at radius 2 is 2.06 bits per heavy atom. The fourth-order valence-electron chi connectivity index (χ4n) is 1.07. The maximum atomic E-state index is 11.3. The lowest BCUT2D eigenvalue weighted by Gasteiger charge is -2.06. The number of nitrogens with one attached hydrogen (secondary N) is 2. The minimum Gasteiger partial charge on any atom is -0.369 e. The highest BCUT2D eigenvalue weighted by atomic mass is 35.5. The highest BCUT2D eigenvalue weighted by Gasteiger charge is 2.06. The van der Waals surface area contributed by atoms with E-state index in [-0.39, 0.29) is 5.96 Å². The second-order valence-corrected chi connectivity index (χ2v) is 4.01. The average Bonchev–Trinajstić information content (AvgIpc) is 2.31. The van der Waals surface area contributed by atoms with E-state index in [1.807, 2.05) is 0 Å². The monoisotopic (exact) mass is 286 g/mol. The first-order valence-electron chi connectivity index (χ1n) is 4.98. The Labute approximate surface area is 115 Å². The third-order valence-electron chi connectivity index (χ3n) is 1.82. The van der Waals surface area contributed by atoms with E-state index in [1.165, 1.54) is 6.08 Å². The predicted molar refractivity (Wildman–Crippen MR) is 74.5 cm³/mol. The van der Waals surface area contributed by atoms with E-state index in [0.717, 1.165) is 0 Å². The van der Waals surface area contributed by atoms with Crippen molar-refractivity contribution in [2.45, 2.75) is 0 Å². The normalized spacial score (nSPS) is 10.9. The van der Waals surface area contributed by atoms with Gasteiger partial charge in [0.05, 0.1) is 10.0 Å². The first kappa shape index (κ1) is 14.3. The summed E-state index contributed by atoms with van der Waals surface area (Å²) in [7, 11) is 0. The van der Waals surface area contributed by atoms with E-state index < -0.39 is 6.03 Å². The van der Waals surface area contributed by atoms with Crippen molar-refractivity contribution in [1.82, 2.24) is 10.6 Å². The van der Waals surface area contributed by atoms with Crippen molar-refractivity contribution < 1.29 is 4.79 Å². The standard InChI is InChI=1S/C11H12Cl2N4O/c1-2-6-15-11(18)17-10(14)16-9-7(12)4-3-5-8(9)13/h2-5H,1,6H2,(H4,14,15,16,17,18). The van der Waals surface area contributed by atoms with E-state index >= 15 is 0 Å². The second-order valence-electron chi connectivity index (χ2n) is 3.19. The number of para-hydroxylation sites is 1. The Balaban J connectivity index is 2.77. The highest BCUT2D eigenvalue weighted by molar-refractivity contribution is 6.38. The summed E-state index contributed by atoms with van der Waals surface area (Å²) in [6.45, 7) is 3.79. The molecule has 0 bridgehead atoms. The van der Waals surface area contributed by atoms with Gasteiger partial charge in [-0.25, -0.2) is 9.79 Å². The number of nitrogens with two attached hydrogens (primary N) is 1. The first-order valence-corrected chi connectivity index (χ1v) is 5.74. The number of benzene rings is 1. The molecule has 0 aliphatic rings. The van der Waals surface area contributed by atoms with Crippen LogP contribution < -0.4 is 16.4 Å². The Morgan fingerprint density at radius 3 is 2.61 bits per heavy atom. The molecule has 18 heavy (non-hydrogen) atoms. The number of carbonyl (C=O) groups excluding carboxylic acids is 1. The Kier molecular flexibility index (Phi) is 5.48. The molecule has 1 aromatic rings. The average molecular weight is 287 g/mol. The quantitative estimate of drug-likeness (QED) is 0.453. The molecule has 2 amide bonds. The summed E-state index contributed by atoms with van der Waals surface area (Å²) < 4.78 is 0. The third-order valence-corrected chi connectivity index (χ3v) is 2.43. The summed E-state index contributed by atoms with van der Waals surface area (Å²) >= 11 is 11.8. The molecule has 0 aliphatic heterocycles. The van der Waals surface area contributed by atoms with E-state index in [1.54, 1.807) is 18.2 Å². The van der Waals surface area contributed by atoms with Gasteiger partial charge in [-0.05, 0) is 12.1 Å². The Hall–Kier alpha value is -1.72. The topological polar surface area (TPSA) is 79.5 Å². The van der Waals surface area contributed by atoms with Crippen LogP contribution in [0.25, 0.3) is 0 Å². The maximum Gasteiger partial charge on any atom is 0.321 e. The zero-order valence-electron chi connectivity index (χ0n) is 9.41. The molecule has 1 aromatic carbocycles. The Bertz CT molecular complexity index is 468. The van der Waals surface area contributed by atoms with Crippen molar-refractivity contribution in [3.05, 3.63) is 40.9 Å². The molecule has 0 atom stereocenters. The number of rotatable bonds is 3. The van der Waals surface area contributed by atoms with Crippen molar-refractivity contribution in [2.75, 3.05) is 6.54 Å². The molecule has 4 N–H and O–H groups in total. The SMILES string of the molecule is C=CCNC(=O)NC(N)=Nc1c(Cl)cccc1Cl. The molecule has 5 nitrogen and oxygen atoms in total. The minimum absolute atomic E-state index is 0.105. The third kappa shape index (κ3) is 4.27. The van der Waals surface area contributed by atoms with Crippen LogP contribution >= 0.6 is 23.2 Å².